The fourth-order valence-corrected chi connectivity index (χ4v) is 7.21. The highest BCUT2D eigenvalue weighted by atomic mass is 32.1. The van der Waals surface area contributed by atoms with Gasteiger partial charge in [-0.1, -0.05) is 60.3 Å². The van der Waals surface area contributed by atoms with E-state index in [0.29, 0.717) is 43.8 Å². The Balaban J connectivity index is 2.44. The van der Waals surface area contributed by atoms with E-state index >= 15 is 0 Å². The van der Waals surface area contributed by atoms with Gasteiger partial charge >= 0.3 is 18.0 Å². The summed E-state index contributed by atoms with van der Waals surface area (Å²) >= 11 is 1.08. The second-order valence-corrected chi connectivity index (χ2v) is 16.1. The van der Waals surface area contributed by atoms with Gasteiger partial charge < -0.3 is 35.0 Å². The van der Waals surface area contributed by atoms with Crippen molar-refractivity contribution in [2.24, 2.45) is 11.8 Å². The fourth-order valence-electron chi connectivity index (χ4n) is 6.38. The fraction of sp³-hybridized carbons (Fsp3) is 0.757. The Morgan fingerprint density at radius 3 is 2.31 bits per heavy atom. The quantitative estimate of drug-likeness (QED) is 0.117. The van der Waals surface area contributed by atoms with Crippen LogP contribution in [0.5, 0.6) is 0 Å². The van der Waals surface area contributed by atoms with Gasteiger partial charge in [0, 0.05) is 37.9 Å². The van der Waals surface area contributed by atoms with Gasteiger partial charge in [-0.25, -0.2) is 14.6 Å². The van der Waals surface area contributed by atoms with Crippen LogP contribution in [0.15, 0.2) is 5.38 Å². The van der Waals surface area contributed by atoms with E-state index in [-0.39, 0.29) is 36.4 Å². The van der Waals surface area contributed by atoms with Crippen molar-refractivity contribution < 1.29 is 43.3 Å². The van der Waals surface area contributed by atoms with Crippen LogP contribution in [0.1, 0.15) is 142 Å². The number of ether oxygens (including phenoxy) is 2. The second-order valence-electron chi connectivity index (χ2n) is 15.2. The van der Waals surface area contributed by atoms with Crippen LogP contribution in [-0.2, 0) is 28.7 Å². The minimum absolute atomic E-state index is 0.113. The molecule has 0 aromatic carbocycles. The molecule has 0 aliphatic carbocycles. The molecule has 4 amide bonds. The van der Waals surface area contributed by atoms with Crippen LogP contribution < -0.4 is 10.6 Å². The van der Waals surface area contributed by atoms with Crippen LogP contribution in [-0.4, -0.2) is 98.5 Å². The molecule has 2 rings (SSSR count). The number of esters is 1. The molecule has 14 nitrogen and oxygen atoms in total. The van der Waals surface area contributed by atoms with Crippen molar-refractivity contribution in [3.05, 3.63) is 16.1 Å². The van der Waals surface area contributed by atoms with E-state index in [1.165, 1.54) is 17.2 Å². The van der Waals surface area contributed by atoms with Gasteiger partial charge in [-0.15, -0.1) is 11.3 Å². The van der Waals surface area contributed by atoms with Gasteiger partial charge in [0.05, 0.1) is 0 Å². The number of carbonyl (C=O) groups is 6. The van der Waals surface area contributed by atoms with Gasteiger partial charge in [-0.3, -0.25) is 19.2 Å². The average Bonchev–Trinajstić information content (AvgIpc) is 3.71. The Bertz CT molecular complexity index is 1390. The molecule has 1 saturated heterocycles. The summed E-state index contributed by atoms with van der Waals surface area (Å²) in [6.45, 7) is 18.4. The van der Waals surface area contributed by atoms with Crippen LogP contribution in [0, 0.1) is 11.8 Å². The molecule has 3 N–H and O–H groups in total. The zero-order chi connectivity index (χ0) is 39.4. The molecule has 294 valence electrons. The Hall–Kier alpha value is -3.75. The molecule has 15 heteroatoms. The van der Waals surface area contributed by atoms with Crippen molar-refractivity contribution in [3.63, 3.8) is 0 Å². The molecule has 1 aromatic heterocycles. The van der Waals surface area contributed by atoms with Crippen LogP contribution >= 0.6 is 11.3 Å². The minimum Gasteiger partial charge on any atom is -0.476 e. The molecule has 0 unspecified atom stereocenters. The molecule has 52 heavy (non-hydrogen) atoms. The number of rotatable bonds is 19. The summed E-state index contributed by atoms with van der Waals surface area (Å²) in [6.07, 6.45) is 3.67. The lowest BCUT2D eigenvalue weighted by atomic mass is 9.90. The van der Waals surface area contributed by atoms with Gasteiger partial charge in [0.25, 0.3) is 0 Å². The number of carbonyl (C=O) groups excluding carboxylic acids is 5. The molecule has 1 aliphatic heterocycles. The molecular weight excluding hydrogens is 691 g/mol. The number of unbranched alkanes of at least 4 members (excludes halogenated alkanes) is 3. The third-order valence-corrected chi connectivity index (χ3v) is 10.4. The van der Waals surface area contributed by atoms with Crippen molar-refractivity contribution in [1.82, 2.24) is 25.4 Å². The third-order valence-electron chi connectivity index (χ3n) is 9.47. The Labute approximate surface area is 312 Å². The van der Waals surface area contributed by atoms with Gasteiger partial charge in [0.15, 0.2) is 11.8 Å². The largest absolute Gasteiger partial charge is 0.476 e. The molecule has 2 heterocycles. The number of aromatic carboxylic acids is 1. The highest BCUT2D eigenvalue weighted by Gasteiger charge is 2.47. The number of alkyl carbamates (subject to hydrolysis) is 1. The Morgan fingerprint density at radius 2 is 1.77 bits per heavy atom. The molecular formula is C37H61N5O9S. The lowest BCUT2D eigenvalue weighted by molar-refractivity contribution is -0.150. The van der Waals surface area contributed by atoms with Gasteiger partial charge in [-0.05, 0) is 58.8 Å². The molecule has 1 aromatic rings. The lowest BCUT2D eigenvalue weighted by Crippen LogP contribution is -2.62. The van der Waals surface area contributed by atoms with E-state index in [2.05, 4.69) is 22.5 Å². The number of aromatic nitrogens is 1. The maximum Gasteiger partial charge on any atom is 0.408 e. The maximum absolute atomic E-state index is 14.8. The molecule has 0 bridgehead atoms. The highest BCUT2D eigenvalue weighted by molar-refractivity contribution is 7.09. The Morgan fingerprint density at radius 1 is 1.10 bits per heavy atom. The molecule has 0 spiro atoms. The summed E-state index contributed by atoms with van der Waals surface area (Å²) in [6, 6.07) is -1.39. The van der Waals surface area contributed by atoms with Crippen molar-refractivity contribution in [2.45, 2.75) is 150 Å². The van der Waals surface area contributed by atoms with Gasteiger partial charge in [0.2, 0.25) is 17.7 Å². The Kier molecular flexibility index (Phi) is 17.0. The number of hydrogen-bond acceptors (Lipinski definition) is 10. The first kappa shape index (κ1) is 44.4. The summed E-state index contributed by atoms with van der Waals surface area (Å²) in [5.41, 5.74) is -2.15. The number of nitrogens with one attached hydrogen (secondary N) is 2. The van der Waals surface area contributed by atoms with Crippen LogP contribution in [0.4, 0.5) is 4.79 Å². The number of amides is 4. The molecule has 5 atom stereocenters. The van der Waals surface area contributed by atoms with Crippen molar-refractivity contribution in [2.75, 3.05) is 19.6 Å². The normalized spacial score (nSPS) is 18.2. The first-order valence-electron chi connectivity index (χ1n) is 18.5. The van der Waals surface area contributed by atoms with E-state index < -0.39 is 59.2 Å². The van der Waals surface area contributed by atoms with Crippen LogP contribution in [0.25, 0.3) is 0 Å². The second kappa shape index (κ2) is 19.9. The topological polar surface area (TPSA) is 185 Å². The zero-order valence-electron chi connectivity index (χ0n) is 32.7. The summed E-state index contributed by atoms with van der Waals surface area (Å²) < 4.78 is 10.9. The summed E-state index contributed by atoms with van der Waals surface area (Å²) in [7, 11) is 0. The first-order chi connectivity index (χ1) is 24.2. The van der Waals surface area contributed by atoms with E-state index in [9.17, 15) is 33.9 Å². The number of nitrogens with zero attached hydrogens (tertiary/aromatic N) is 3. The summed E-state index contributed by atoms with van der Waals surface area (Å²) in [5, 5.41) is 16.7. The van der Waals surface area contributed by atoms with Crippen molar-refractivity contribution in [3.8, 4) is 0 Å². The van der Waals surface area contributed by atoms with E-state index in [0.717, 1.165) is 30.6 Å². The standard InChI is InChI=1S/C37H61N5O9S/c1-11-13-14-15-18-41(27(23(3)4)20-28(50-25(6)43)31-39-26(22-52-31)33(46)47)32(45)30(24(5)12-2)40-34(48)37(10)17-16-19-42(37)29(44)21-38-35(49)51-36(7,8)9/h22-24,27-28,30H,11-21H2,1-10H3,(H,38,49)(H,40,48)(H,46,47)/t24-,27+,28+,30-,37+/m0/s1. The number of carboxylic acid groups (broad SMARTS) is 1. The van der Waals surface area contributed by atoms with Crippen molar-refractivity contribution in [1.29, 1.82) is 0 Å². The predicted molar refractivity (Wildman–Crippen MR) is 198 cm³/mol. The zero-order valence-corrected chi connectivity index (χ0v) is 33.5. The van der Waals surface area contributed by atoms with E-state index in [4.69, 9.17) is 9.47 Å². The van der Waals surface area contributed by atoms with Crippen LogP contribution in [0.2, 0.25) is 0 Å². The van der Waals surface area contributed by atoms with E-state index in [1.54, 1.807) is 32.6 Å². The first-order valence-corrected chi connectivity index (χ1v) is 19.4. The monoisotopic (exact) mass is 751 g/mol. The molecule has 1 aliphatic rings. The van der Waals surface area contributed by atoms with Gasteiger partial charge in [-0.2, -0.15) is 0 Å². The van der Waals surface area contributed by atoms with Crippen LogP contribution in [0.3, 0.4) is 0 Å². The molecule has 0 radical (unpaired) electrons. The molecule has 0 saturated carbocycles. The number of carboxylic acids is 1. The highest BCUT2D eigenvalue weighted by Crippen LogP contribution is 2.33. The minimum atomic E-state index is -1.25. The number of hydrogen-bond donors (Lipinski definition) is 3. The lowest BCUT2D eigenvalue weighted by Gasteiger charge is -2.41. The predicted octanol–water partition coefficient (Wildman–Crippen LogP) is 5.71. The van der Waals surface area contributed by atoms with Gasteiger partial charge in [0.1, 0.15) is 28.7 Å². The van der Waals surface area contributed by atoms with Crippen molar-refractivity contribution >= 4 is 47.1 Å². The number of thiazole rings is 1. The molecule has 1 fully saturated rings. The summed E-state index contributed by atoms with van der Waals surface area (Å²) in [4.78, 5) is 85.9. The summed E-state index contributed by atoms with van der Waals surface area (Å²) in [5.74, 6) is -3.31. The van der Waals surface area contributed by atoms with E-state index in [1.807, 2.05) is 27.7 Å². The average molecular weight is 752 g/mol. The smallest absolute Gasteiger partial charge is 0.408 e. The SMILES string of the molecule is CCCCCCN(C(=O)[C@@H](NC(=O)[C@@]1(C)CCCN1C(=O)CNC(=O)OC(C)(C)C)[C@@H](C)CC)[C@H](C[C@@H](OC(C)=O)c1nc(C(=O)O)cs1)C(C)C. The third kappa shape index (κ3) is 12.7. The maximum atomic E-state index is 14.8. The number of likely N-dealkylation sites (tertiary alicyclic amines) is 1.